The monoisotopic (exact) mass is 239 g/mol. The second-order valence-electron chi connectivity index (χ2n) is 3.67. The van der Waals surface area contributed by atoms with E-state index < -0.39 is 0 Å². The molecule has 17 heavy (non-hydrogen) atoms. The van der Waals surface area contributed by atoms with Gasteiger partial charge in [-0.1, -0.05) is 13.8 Å². The number of anilines is 1. The van der Waals surface area contributed by atoms with E-state index in [1.165, 1.54) is 6.33 Å². The Morgan fingerprint density at radius 3 is 2.65 bits per heavy atom. The fourth-order valence-electron chi connectivity index (χ4n) is 1.54. The van der Waals surface area contributed by atoms with Crippen LogP contribution in [-0.4, -0.2) is 41.1 Å². The number of hydrazine groups is 1. The highest BCUT2D eigenvalue weighted by molar-refractivity contribution is 5.46. The summed E-state index contributed by atoms with van der Waals surface area (Å²) in [5, 5.41) is 0. The zero-order valence-corrected chi connectivity index (χ0v) is 10.7. The fraction of sp³-hybridized carbons (Fsp3) is 0.636. The van der Waals surface area contributed by atoms with Gasteiger partial charge in [0.2, 0.25) is 5.88 Å². The summed E-state index contributed by atoms with van der Waals surface area (Å²) in [7, 11) is 0. The second kappa shape index (κ2) is 7.03. The molecular weight excluding hydrogens is 218 g/mol. The van der Waals surface area contributed by atoms with E-state index in [0.717, 1.165) is 25.2 Å². The van der Waals surface area contributed by atoms with Crippen LogP contribution in [0.2, 0.25) is 0 Å². The van der Waals surface area contributed by atoms with Gasteiger partial charge < -0.3 is 15.1 Å². The Hall–Kier alpha value is -1.40. The molecule has 0 atom stereocenters. The zero-order valence-electron chi connectivity index (χ0n) is 10.7. The van der Waals surface area contributed by atoms with E-state index in [2.05, 4.69) is 34.1 Å². The van der Waals surface area contributed by atoms with Crippen molar-refractivity contribution in [3.8, 4) is 5.88 Å². The van der Waals surface area contributed by atoms with Crippen LogP contribution in [0.15, 0.2) is 6.33 Å². The van der Waals surface area contributed by atoms with Crippen LogP contribution in [0.4, 0.5) is 5.82 Å². The quantitative estimate of drug-likeness (QED) is 0.541. The summed E-state index contributed by atoms with van der Waals surface area (Å²) in [6.45, 7) is 9.70. The Morgan fingerprint density at radius 2 is 2.06 bits per heavy atom. The number of nitrogens with one attached hydrogen (secondary N) is 1. The van der Waals surface area contributed by atoms with Crippen molar-refractivity contribution in [3.63, 3.8) is 0 Å². The SMILES string of the molecule is CCN(CC)CCOc1ncnc(NN)c1C. The summed E-state index contributed by atoms with van der Waals surface area (Å²) in [6, 6.07) is 0. The molecule has 0 aliphatic heterocycles. The van der Waals surface area contributed by atoms with Gasteiger partial charge in [0.25, 0.3) is 0 Å². The summed E-state index contributed by atoms with van der Waals surface area (Å²) in [5.74, 6) is 6.51. The number of nitrogen functional groups attached to an aromatic ring is 1. The third-order valence-corrected chi connectivity index (χ3v) is 2.72. The number of aromatic nitrogens is 2. The van der Waals surface area contributed by atoms with Crippen LogP contribution in [0.5, 0.6) is 5.88 Å². The van der Waals surface area contributed by atoms with Gasteiger partial charge in [-0.3, -0.25) is 0 Å². The molecule has 1 aromatic heterocycles. The maximum absolute atomic E-state index is 5.63. The Morgan fingerprint density at radius 1 is 1.35 bits per heavy atom. The van der Waals surface area contributed by atoms with Crippen molar-refractivity contribution in [1.29, 1.82) is 0 Å². The van der Waals surface area contributed by atoms with Crippen LogP contribution in [0, 0.1) is 6.92 Å². The highest BCUT2D eigenvalue weighted by atomic mass is 16.5. The van der Waals surface area contributed by atoms with Crippen LogP contribution in [0.1, 0.15) is 19.4 Å². The molecule has 0 bridgehead atoms. The molecule has 0 aliphatic carbocycles. The number of rotatable bonds is 7. The van der Waals surface area contributed by atoms with Crippen molar-refractivity contribution >= 4 is 5.82 Å². The van der Waals surface area contributed by atoms with Gasteiger partial charge in [-0.2, -0.15) is 0 Å². The van der Waals surface area contributed by atoms with Gasteiger partial charge >= 0.3 is 0 Å². The average Bonchev–Trinajstić information content (AvgIpc) is 2.36. The van der Waals surface area contributed by atoms with Crippen molar-refractivity contribution in [3.05, 3.63) is 11.9 Å². The van der Waals surface area contributed by atoms with E-state index >= 15 is 0 Å². The first-order chi connectivity index (χ1) is 8.22. The maximum Gasteiger partial charge on any atom is 0.221 e. The van der Waals surface area contributed by atoms with Gasteiger partial charge in [0.1, 0.15) is 18.8 Å². The Labute approximate surface area is 102 Å². The Kier molecular flexibility index (Phi) is 5.65. The van der Waals surface area contributed by atoms with E-state index in [1.54, 1.807) is 0 Å². The molecule has 96 valence electrons. The standard InChI is InChI=1S/C11H21N5O/c1-4-16(5-2)6-7-17-11-9(3)10(15-12)13-8-14-11/h8H,4-7,12H2,1-3H3,(H,13,14,15). The molecule has 3 N–H and O–H groups in total. The van der Waals surface area contributed by atoms with Gasteiger partial charge in [-0.15, -0.1) is 0 Å². The number of nitrogens with two attached hydrogens (primary N) is 1. The summed E-state index contributed by atoms with van der Waals surface area (Å²) in [5.41, 5.74) is 3.34. The van der Waals surface area contributed by atoms with Gasteiger partial charge in [0.05, 0.1) is 5.56 Å². The number of likely N-dealkylation sites (N-methyl/N-ethyl adjacent to an activating group) is 1. The summed E-state index contributed by atoms with van der Waals surface area (Å²) in [4.78, 5) is 10.4. The molecule has 6 heteroatoms. The second-order valence-corrected chi connectivity index (χ2v) is 3.67. The van der Waals surface area contributed by atoms with E-state index in [-0.39, 0.29) is 0 Å². The lowest BCUT2D eigenvalue weighted by molar-refractivity contribution is 0.217. The van der Waals surface area contributed by atoms with Crippen LogP contribution >= 0.6 is 0 Å². The van der Waals surface area contributed by atoms with Crippen LogP contribution in [0.25, 0.3) is 0 Å². The minimum Gasteiger partial charge on any atom is -0.476 e. The van der Waals surface area contributed by atoms with Gasteiger partial charge in [-0.05, 0) is 20.0 Å². The molecule has 0 spiro atoms. The van der Waals surface area contributed by atoms with Crippen LogP contribution < -0.4 is 16.0 Å². The zero-order chi connectivity index (χ0) is 12.7. The van der Waals surface area contributed by atoms with Crippen molar-refractivity contribution in [1.82, 2.24) is 14.9 Å². The highest BCUT2D eigenvalue weighted by Crippen LogP contribution is 2.18. The first kappa shape index (κ1) is 13.7. The van der Waals surface area contributed by atoms with Crippen molar-refractivity contribution in [2.45, 2.75) is 20.8 Å². The smallest absolute Gasteiger partial charge is 0.221 e. The van der Waals surface area contributed by atoms with E-state index in [0.29, 0.717) is 18.3 Å². The fourth-order valence-corrected chi connectivity index (χ4v) is 1.54. The third kappa shape index (κ3) is 3.83. The molecule has 0 unspecified atom stereocenters. The predicted molar refractivity (Wildman–Crippen MR) is 67.9 cm³/mol. The molecule has 0 fully saturated rings. The Balaban J connectivity index is 2.52. The average molecular weight is 239 g/mol. The molecule has 1 rings (SSSR count). The lowest BCUT2D eigenvalue weighted by Gasteiger charge is -2.18. The van der Waals surface area contributed by atoms with E-state index in [4.69, 9.17) is 10.6 Å². The summed E-state index contributed by atoms with van der Waals surface area (Å²) < 4.78 is 5.63. The molecule has 0 saturated heterocycles. The predicted octanol–water partition coefficient (Wildman–Crippen LogP) is 0.791. The first-order valence-electron chi connectivity index (χ1n) is 5.86. The number of ether oxygens (including phenoxy) is 1. The molecule has 1 heterocycles. The normalized spacial score (nSPS) is 10.6. The van der Waals surface area contributed by atoms with E-state index in [9.17, 15) is 0 Å². The minimum atomic E-state index is 0.583. The van der Waals surface area contributed by atoms with Gasteiger partial charge in [0, 0.05) is 6.54 Å². The number of hydrogen-bond donors (Lipinski definition) is 2. The molecular formula is C11H21N5O. The lowest BCUT2D eigenvalue weighted by atomic mass is 10.3. The lowest BCUT2D eigenvalue weighted by Crippen LogP contribution is -2.28. The van der Waals surface area contributed by atoms with Crippen LogP contribution in [0.3, 0.4) is 0 Å². The Bertz CT molecular complexity index is 341. The highest BCUT2D eigenvalue weighted by Gasteiger charge is 2.07. The van der Waals surface area contributed by atoms with Crippen LogP contribution in [-0.2, 0) is 0 Å². The summed E-state index contributed by atoms with van der Waals surface area (Å²) in [6.07, 6.45) is 1.44. The van der Waals surface area contributed by atoms with Gasteiger partial charge in [-0.25, -0.2) is 15.8 Å². The molecule has 0 saturated carbocycles. The third-order valence-electron chi connectivity index (χ3n) is 2.72. The maximum atomic E-state index is 5.63. The van der Waals surface area contributed by atoms with Crippen molar-refractivity contribution < 1.29 is 4.74 Å². The first-order valence-corrected chi connectivity index (χ1v) is 5.86. The van der Waals surface area contributed by atoms with E-state index in [1.807, 2.05) is 6.92 Å². The summed E-state index contributed by atoms with van der Waals surface area (Å²) >= 11 is 0. The number of hydrogen-bond acceptors (Lipinski definition) is 6. The topological polar surface area (TPSA) is 76.3 Å². The molecule has 0 aromatic carbocycles. The molecule has 0 radical (unpaired) electrons. The minimum absolute atomic E-state index is 0.583. The molecule has 6 nitrogen and oxygen atoms in total. The number of nitrogens with zero attached hydrogens (tertiary/aromatic N) is 3. The molecule has 0 aliphatic rings. The van der Waals surface area contributed by atoms with Gasteiger partial charge in [0.15, 0.2) is 0 Å². The van der Waals surface area contributed by atoms with Crippen molar-refractivity contribution in [2.75, 3.05) is 31.7 Å². The molecule has 1 aromatic rings. The molecule has 0 amide bonds. The largest absolute Gasteiger partial charge is 0.476 e. The van der Waals surface area contributed by atoms with Crippen molar-refractivity contribution in [2.24, 2.45) is 5.84 Å².